The van der Waals surface area contributed by atoms with Crippen molar-refractivity contribution >= 4 is 28.8 Å². The average molecular weight is 313 g/mol. The van der Waals surface area contributed by atoms with Crippen molar-refractivity contribution in [2.75, 3.05) is 5.73 Å². The van der Waals surface area contributed by atoms with Gasteiger partial charge in [0.1, 0.15) is 11.6 Å². The molecule has 2 heterocycles. The maximum Gasteiger partial charge on any atom is 0.180 e. The van der Waals surface area contributed by atoms with E-state index in [0.717, 1.165) is 17.0 Å². The Morgan fingerprint density at radius 3 is 2.75 bits per heavy atom. The zero-order valence-electron chi connectivity index (χ0n) is 9.86. The van der Waals surface area contributed by atoms with Crippen molar-refractivity contribution in [2.45, 2.75) is 0 Å². The van der Waals surface area contributed by atoms with Crippen LogP contribution >= 0.6 is 22.9 Å². The quantitative estimate of drug-likeness (QED) is 0.704. The lowest BCUT2D eigenvalue weighted by atomic mass is 10.1. The van der Waals surface area contributed by atoms with E-state index in [1.807, 2.05) is 11.4 Å². The summed E-state index contributed by atoms with van der Waals surface area (Å²) in [6.07, 6.45) is 0. The molecule has 0 aliphatic rings. The monoisotopic (exact) mass is 312 g/mol. The van der Waals surface area contributed by atoms with Crippen LogP contribution in [0.1, 0.15) is 0 Å². The van der Waals surface area contributed by atoms with E-state index in [2.05, 4.69) is 5.16 Å². The minimum atomic E-state index is -0.741. The van der Waals surface area contributed by atoms with E-state index in [-0.39, 0.29) is 22.2 Å². The Bertz CT molecular complexity index is 771. The van der Waals surface area contributed by atoms with Gasteiger partial charge in [-0.25, -0.2) is 8.78 Å². The topological polar surface area (TPSA) is 52.0 Å². The lowest BCUT2D eigenvalue weighted by Crippen LogP contribution is -1.90. The molecule has 0 atom stereocenters. The predicted molar refractivity (Wildman–Crippen MR) is 74.6 cm³/mol. The molecule has 3 aromatic rings. The molecule has 0 fully saturated rings. The second-order valence-corrected chi connectivity index (χ2v) is 5.35. The molecule has 0 unspecified atom stereocenters. The number of benzene rings is 1. The number of rotatable bonds is 2. The van der Waals surface area contributed by atoms with E-state index in [1.165, 1.54) is 11.3 Å². The molecule has 102 valence electrons. The van der Waals surface area contributed by atoms with E-state index in [0.29, 0.717) is 5.56 Å². The number of nitrogens with two attached hydrogens (primary N) is 1. The van der Waals surface area contributed by atoms with Gasteiger partial charge in [-0.2, -0.15) is 0 Å². The zero-order valence-corrected chi connectivity index (χ0v) is 11.4. The molecular weight excluding hydrogens is 306 g/mol. The summed E-state index contributed by atoms with van der Waals surface area (Å²) in [5, 5.41) is 5.17. The number of nitrogen functional groups attached to an aromatic ring is 1. The van der Waals surface area contributed by atoms with Crippen LogP contribution in [0.3, 0.4) is 0 Å². The van der Waals surface area contributed by atoms with Crippen molar-refractivity contribution in [1.29, 1.82) is 0 Å². The van der Waals surface area contributed by atoms with E-state index in [9.17, 15) is 8.78 Å². The Morgan fingerprint density at radius 2 is 2.05 bits per heavy atom. The van der Waals surface area contributed by atoms with Crippen LogP contribution in [0.2, 0.25) is 5.02 Å². The number of aromatic nitrogens is 1. The summed E-state index contributed by atoms with van der Waals surface area (Å²) in [7, 11) is 0. The third kappa shape index (κ3) is 2.07. The molecule has 3 nitrogen and oxygen atoms in total. The van der Waals surface area contributed by atoms with Crippen LogP contribution in [0.5, 0.6) is 0 Å². The fraction of sp³-hybridized carbons (Fsp3) is 0. The third-order valence-corrected chi connectivity index (χ3v) is 3.92. The Hall–Kier alpha value is -1.92. The van der Waals surface area contributed by atoms with Gasteiger partial charge in [0, 0.05) is 4.88 Å². The SMILES string of the molecule is Nc1noc(-c2cc(F)c(Cl)cc2F)c1-c1cccs1. The van der Waals surface area contributed by atoms with Crippen molar-refractivity contribution in [2.24, 2.45) is 0 Å². The zero-order chi connectivity index (χ0) is 14.3. The maximum absolute atomic E-state index is 14.0. The van der Waals surface area contributed by atoms with E-state index in [4.69, 9.17) is 21.9 Å². The molecule has 2 N–H and O–H groups in total. The van der Waals surface area contributed by atoms with Crippen molar-refractivity contribution in [1.82, 2.24) is 5.16 Å². The maximum atomic E-state index is 14.0. The summed E-state index contributed by atoms with van der Waals surface area (Å²) in [6, 6.07) is 5.47. The highest BCUT2D eigenvalue weighted by Gasteiger charge is 2.22. The number of nitrogens with zero attached hydrogens (tertiary/aromatic N) is 1. The molecule has 0 spiro atoms. The minimum absolute atomic E-state index is 0.0699. The largest absolute Gasteiger partial charge is 0.380 e. The van der Waals surface area contributed by atoms with Gasteiger partial charge in [0.2, 0.25) is 0 Å². The lowest BCUT2D eigenvalue weighted by Gasteiger charge is -2.03. The molecule has 7 heteroatoms. The van der Waals surface area contributed by atoms with Gasteiger partial charge in [-0.1, -0.05) is 22.8 Å². The molecule has 20 heavy (non-hydrogen) atoms. The van der Waals surface area contributed by atoms with E-state index >= 15 is 0 Å². The van der Waals surface area contributed by atoms with Gasteiger partial charge >= 0.3 is 0 Å². The van der Waals surface area contributed by atoms with Crippen molar-refractivity contribution in [3.63, 3.8) is 0 Å². The van der Waals surface area contributed by atoms with Crippen LogP contribution in [0.25, 0.3) is 21.8 Å². The van der Waals surface area contributed by atoms with Gasteiger partial charge in [0.25, 0.3) is 0 Å². The first-order chi connectivity index (χ1) is 9.58. The molecule has 0 radical (unpaired) electrons. The van der Waals surface area contributed by atoms with Gasteiger partial charge in [-0.15, -0.1) is 11.3 Å². The van der Waals surface area contributed by atoms with Crippen LogP contribution in [0.15, 0.2) is 34.2 Å². The molecule has 0 saturated carbocycles. The van der Waals surface area contributed by atoms with Gasteiger partial charge in [-0.3, -0.25) is 0 Å². The Kier molecular flexibility index (Phi) is 3.19. The molecule has 2 aromatic heterocycles. The molecule has 3 rings (SSSR count). The second-order valence-electron chi connectivity index (χ2n) is 4.00. The Balaban J connectivity index is 2.24. The number of thiophene rings is 1. The highest BCUT2D eigenvalue weighted by molar-refractivity contribution is 7.13. The lowest BCUT2D eigenvalue weighted by molar-refractivity contribution is 0.433. The summed E-state index contributed by atoms with van der Waals surface area (Å²) >= 11 is 6.93. The van der Waals surface area contributed by atoms with Crippen LogP contribution in [-0.4, -0.2) is 5.16 Å². The van der Waals surface area contributed by atoms with E-state index < -0.39 is 11.6 Å². The minimum Gasteiger partial charge on any atom is -0.380 e. The van der Waals surface area contributed by atoms with Crippen LogP contribution in [0, 0.1) is 11.6 Å². The van der Waals surface area contributed by atoms with Crippen LogP contribution < -0.4 is 5.73 Å². The summed E-state index contributed by atoms with van der Waals surface area (Å²) < 4.78 is 32.6. The second kappa shape index (κ2) is 4.88. The first kappa shape index (κ1) is 13.1. The number of halogens is 3. The third-order valence-electron chi connectivity index (χ3n) is 2.74. The summed E-state index contributed by atoms with van der Waals surface area (Å²) in [5.41, 5.74) is 6.12. The van der Waals surface area contributed by atoms with Crippen molar-refractivity contribution in [3.8, 4) is 21.8 Å². The fourth-order valence-electron chi connectivity index (χ4n) is 1.84. The van der Waals surface area contributed by atoms with Crippen LogP contribution in [-0.2, 0) is 0 Å². The summed E-state index contributed by atoms with van der Waals surface area (Å²) in [4.78, 5) is 0.758. The van der Waals surface area contributed by atoms with E-state index in [1.54, 1.807) is 6.07 Å². The van der Waals surface area contributed by atoms with Gasteiger partial charge in [0.15, 0.2) is 11.6 Å². The highest BCUT2D eigenvalue weighted by Crippen LogP contribution is 2.40. The fourth-order valence-corrected chi connectivity index (χ4v) is 2.77. The number of anilines is 1. The highest BCUT2D eigenvalue weighted by atomic mass is 35.5. The standard InChI is InChI=1S/C13H7ClF2N2OS/c14-7-5-8(15)6(4-9(7)16)12-11(13(17)18-19-12)10-2-1-3-20-10/h1-5H,(H2,17,18). The van der Waals surface area contributed by atoms with Gasteiger partial charge in [0.05, 0.1) is 16.1 Å². The Labute approximate surface area is 121 Å². The van der Waals surface area contributed by atoms with Crippen LogP contribution in [0.4, 0.5) is 14.6 Å². The first-order valence-corrected chi connectivity index (χ1v) is 6.77. The molecule has 0 aliphatic heterocycles. The van der Waals surface area contributed by atoms with Crippen molar-refractivity contribution < 1.29 is 13.3 Å². The number of hydrogen-bond donors (Lipinski definition) is 1. The smallest absolute Gasteiger partial charge is 0.180 e. The summed E-state index contributed by atoms with van der Waals surface area (Å²) in [6.45, 7) is 0. The van der Waals surface area contributed by atoms with Gasteiger partial charge < -0.3 is 10.3 Å². The molecule has 0 saturated heterocycles. The predicted octanol–water partition coefficient (Wildman–Crippen LogP) is 4.58. The first-order valence-electron chi connectivity index (χ1n) is 5.52. The molecule has 0 aliphatic carbocycles. The van der Waals surface area contributed by atoms with Gasteiger partial charge in [-0.05, 0) is 23.6 Å². The molecular formula is C13H7ClF2N2OS. The molecule has 0 bridgehead atoms. The number of hydrogen-bond acceptors (Lipinski definition) is 4. The average Bonchev–Trinajstić information content (AvgIpc) is 3.03. The normalized spacial score (nSPS) is 10.9. The molecule has 1 aromatic carbocycles. The Morgan fingerprint density at radius 1 is 1.25 bits per heavy atom. The van der Waals surface area contributed by atoms with Crippen molar-refractivity contribution in [3.05, 3.63) is 46.3 Å². The summed E-state index contributed by atoms with van der Waals surface area (Å²) in [5.74, 6) is -1.24. The molecule has 0 amide bonds.